The molecule has 0 heterocycles. The van der Waals surface area contributed by atoms with E-state index in [9.17, 15) is 9.90 Å². The van der Waals surface area contributed by atoms with Crippen LogP contribution in [0.1, 0.15) is 56.2 Å². The predicted molar refractivity (Wildman–Crippen MR) is 86.5 cm³/mol. The van der Waals surface area contributed by atoms with E-state index in [0.717, 1.165) is 25.7 Å². The third-order valence-corrected chi connectivity index (χ3v) is 5.05. The van der Waals surface area contributed by atoms with Crippen LogP contribution in [0.15, 0.2) is 24.3 Å². The number of nitrogens with one attached hydrogen (secondary N) is 2. The minimum absolute atomic E-state index is 0.0389. The van der Waals surface area contributed by atoms with E-state index in [0.29, 0.717) is 6.04 Å². The molecule has 2 aliphatic carbocycles. The van der Waals surface area contributed by atoms with Crippen molar-refractivity contribution in [2.75, 3.05) is 0 Å². The number of rotatable bonds is 5. The summed E-state index contributed by atoms with van der Waals surface area (Å²) in [4.78, 5) is 12.3. The van der Waals surface area contributed by atoms with Crippen molar-refractivity contribution in [3.05, 3.63) is 35.4 Å². The maximum atomic E-state index is 12.3. The third kappa shape index (κ3) is 3.33. The summed E-state index contributed by atoms with van der Waals surface area (Å²) in [6.45, 7) is 1.89. The van der Waals surface area contributed by atoms with E-state index in [1.807, 2.05) is 19.1 Å². The Morgan fingerprint density at radius 3 is 2.73 bits per heavy atom. The molecule has 1 amide bonds. The first-order valence-electron chi connectivity index (χ1n) is 8.47. The third-order valence-electron chi connectivity index (χ3n) is 5.05. The zero-order valence-corrected chi connectivity index (χ0v) is 13.2. The molecule has 3 N–H and O–H groups in total. The summed E-state index contributed by atoms with van der Waals surface area (Å²) in [6, 6.07) is 8.50. The van der Waals surface area contributed by atoms with Gasteiger partial charge in [0.25, 0.3) is 5.91 Å². The summed E-state index contributed by atoms with van der Waals surface area (Å²) in [5.74, 6) is -0.264. The molecule has 0 bridgehead atoms. The van der Waals surface area contributed by atoms with Gasteiger partial charge < -0.3 is 15.7 Å². The second kappa shape index (κ2) is 6.80. The molecule has 0 radical (unpaired) electrons. The Morgan fingerprint density at radius 1 is 1.23 bits per heavy atom. The average Bonchev–Trinajstić information content (AvgIpc) is 3.17. The van der Waals surface area contributed by atoms with Crippen molar-refractivity contribution in [2.45, 2.75) is 69.7 Å². The summed E-state index contributed by atoms with van der Waals surface area (Å²) in [7, 11) is 0. The van der Waals surface area contributed by atoms with Gasteiger partial charge in [-0.3, -0.25) is 4.79 Å². The van der Waals surface area contributed by atoms with Gasteiger partial charge in [-0.25, -0.2) is 0 Å². The highest BCUT2D eigenvalue weighted by atomic mass is 16.3. The summed E-state index contributed by atoms with van der Waals surface area (Å²) < 4.78 is 0. The molecule has 3 rings (SSSR count). The van der Waals surface area contributed by atoms with Gasteiger partial charge in [-0.2, -0.15) is 0 Å². The van der Waals surface area contributed by atoms with Gasteiger partial charge in [0.15, 0.2) is 0 Å². The molecule has 0 aliphatic heterocycles. The number of aliphatic hydroxyl groups excluding tert-OH is 1. The summed E-state index contributed by atoms with van der Waals surface area (Å²) in [5.41, 5.74) is 2.50. The van der Waals surface area contributed by atoms with Crippen LogP contribution in [0, 0.1) is 0 Å². The van der Waals surface area contributed by atoms with Gasteiger partial charge in [0, 0.05) is 12.1 Å². The smallest absolute Gasteiger partial charge is 0.250 e. The fourth-order valence-electron chi connectivity index (χ4n) is 3.75. The van der Waals surface area contributed by atoms with Gasteiger partial charge in [-0.15, -0.1) is 0 Å². The van der Waals surface area contributed by atoms with Crippen LogP contribution < -0.4 is 10.6 Å². The van der Waals surface area contributed by atoms with Crippen LogP contribution in [0.2, 0.25) is 0 Å². The maximum absolute atomic E-state index is 12.3. The van der Waals surface area contributed by atoms with E-state index >= 15 is 0 Å². The minimum atomic E-state index is -0.992. The number of benzene rings is 1. The topological polar surface area (TPSA) is 61.4 Å². The van der Waals surface area contributed by atoms with Crippen molar-refractivity contribution < 1.29 is 9.90 Å². The van der Waals surface area contributed by atoms with Crippen LogP contribution in [0.4, 0.5) is 0 Å². The first-order valence-corrected chi connectivity index (χ1v) is 8.47. The Morgan fingerprint density at radius 2 is 1.95 bits per heavy atom. The standard InChI is InChI=1S/C18H26N2O2/c1-12(19-14-7-3-4-8-14)17(21)18(22)20-16-11-10-13-6-2-5-9-15(13)16/h2,5-6,9,12,14,16-17,19,21H,3-4,7-8,10-11H2,1H3,(H,20,22)/t12-,16?,17+/m1/s1. The summed E-state index contributed by atoms with van der Waals surface area (Å²) >= 11 is 0. The fraction of sp³-hybridized carbons (Fsp3) is 0.611. The number of aryl methyl sites for hydroxylation is 1. The molecule has 1 saturated carbocycles. The Hall–Kier alpha value is -1.39. The molecule has 4 heteroatoms. The second-order valence-electron chi connectivity index (χ2n) is 6.68. The molecule has 2 aliphatic rings. The van der Waals surface area contributed by atoms with Gasteiger partial charge in [-0.05, 0) is 43.7 Å². The molecule has 1 unspecified atom stereocenters. The summed E-state index contributed by atoms with van der Waals surface area (Å²) in [5, 5.41) is 16.7. The average molecular weight is 302 g/mol. The number of carbonyl (C=O) groups is 1. The zero-order valence-electron chi connectivity index (χ0n) is 13.2. The summed E-state index contributed by atoms with van der Waals surface area (Å²) in [6.07, 6.45) is 5.70. The van der Waals surface area contributed by atoms with Gasteiger partial charge in [0.2, 0.25) is 0 Å². The highest BCUT2D eigenvalue weighted by molar-refractivity contribution is 5.81. The van der Waals surface area contributed by atoms with E-state index in [4.69, 9.17) is 0 Å². The molecule has 0 aromatic heterocycles. The second-order valence-corrected chi connectivity index (χ2v) is 6.68. The molecule has 22 heavy (non-hydrogen) atoms. The molecule has 0 spiro atoms. The Kier molecular flexibility index (Phi) is 4.79. The number of amides is 1. The lowest BCUT2D eigenvalue weighted by molar-refractivity contribution is -0.131. The normalized spacial score (nSPS) is 24.0. The van der Waals surface area contributed by atoms with Crippen LogP contribution >= 0.6 is 0 Å². The fourth-order valence-corrected chi connectivity index (χ4v) is 3.75. The molecule has 1 fully saturated rings. The van der Waals surface area contributed by atoms with Crippen molar-refractivity contribution >= 4 is 5.91 Å². The van der Waals surface area contributed by atoms with E-state index in [1.54, 1.807) is 0 Å². The molecular weight excluding hydrogens is 276 g/mol. The van der Waals surface area contributed by atoms with Gasteiger partial charge in [0.1, 0.15) is 6.10 Å². The molecular formula is C18H26N2O2. The minimum Gasteiger partial charge on any atom is -0.382 e. The zero-order chi connectivity index (χ0) is 15.5. The van der Waals surface area contributed by atoms with Crippen molar-refractivity contribution in [3.8, 4) is 0 Å². The molecule has 1 aromatic carbocycles. The quantitative estimate of drug-likeness (QED) is 0.780. The van der Waals surface area contributed by atoms with Gasteiger partial charge in [0.05, 0.1) is 6.04 Å². The number of fused-ring (bicyclic) bond motifs is 1. The van der Waals surface area contributed by atoms with Crippen molar-refractivity contribution in [1.82, 2.24) is 10.6 Å². The van der Waals surface area contributed by atoms with Gasteiger partial charge >= 0.3 is 0 Å². The van der Waals surface area contributed by atoms with Crippen molar-refractivity contribution in [1.29, 1.82) is 0 Å². The molecule has 3 atom stereocenters. The number of carbonyl (C=O) groups excluding carboxylic acids is 1. The first-order chi connectivity index (χ1) is 10.6. The van der Waals surface area contributed by atoms with E-state index < -0.39 is 6.10 Å². The van der Waals surface area contributed by atoms with E-state index in [1.165, 1.54) is 24.0 Å². The lowest BCUT2D eigenvalue weighted by Gasteiger charge is -2.25. The Labute approximate surface area is 132 Å². The first kappa shape index (κ1) is 15.5. The molecule has 120 valence electrons. The van der Waals surface area contributed by atoms with Crippen LogP contribution in [0.3, 0.4) is 0 Å². The molecule has 1 aromatic rings. The Balaban J connectivity index is 1.55. The highest BCUT2D eigenvalue weighted by Gasteiger charge is 2.29. The Bertz CT molecular complexity index is 526. The monoisotopic (exact) mass is 302 g/mol. The number of hydrogen-bond acceptors (Lipinski definition) is 3. The lowest BCUT2D eigenvalue weighted by atomic mass is 10.1. The highest BCUT2D eigenvalue weighted by Crippen LogP contribution is 2.30. The lowest BCUT2D eigenvalue weighted by Crippen LogP contribution is -2.50. The van der Waals surface area contributed by atoms with Crippen LogP contribution in [0.5, 0.6) is 0 Å². The van der Waals surface area contributed by atoms with Crippen LogP contribution in [-0.4, -0.2) is 29.2 Å². The molecule has 4 nitrogen and oxygen atoms in total. The van der Waals surface area contributed by atoms with Crippen LogP contribution in [0.25, 0.3) is 0 Å². The number of hydrogen-bond donors (Lipinski definition) is 3. The van der Waals surface area contributed by atoms with Crippen molar-refractivity contribution in [3.63, 3.8) is 0 Å². The van der Waals surface area contributed by atoms with Crippen molar-refractivity contribution in [2.24, 2.45) is 0 Å². The van der Waals surface area contributed by atoms with Gasteiger partial charge in [-0.1, -0.05) is 37.1 Å². The maximum Gasteiger partial charge on any atom is 0.250 e. The SMILES string of the molecule is C[C@@H](NC1CCCC1)[C@H](O)C(=O)NC1CCc2ccccc21. The van der Waals surface area contributed by atoms with E-state index in [-0.39, 0.29) is 18.0 Å². The number of aliphatic hydroxyl groups is 1. The largest absolute Gasteiger partial charge is 0.382 e. The van der Waals surface area contributed by atoms with E-state index in [2.05, 4.69) is 22.8 Å². The predicted octanol–water partition coefficient (Wildman–Crippen LogP) is 2.07. The van der Waals surface area contributed by atoms with Crippen LogP contribution in [-0.2, 0) is 11.2 Å². The molecule has 0 saturated heterocycles.